The number of ether oxygens (including phenoxy) is 3. The minimum atomic E-state index is -3.00. The van der Waals surface area contributed by atoms with Crippen molar-refractivity contribution in [1.82, 2.24) is 9.55 Å². The fourth-order valence-corrected chi connectivity index (χ4v) is 2.89. The maximum absolute atomic E-state index is 12.6. The van der Waals surface area contributed by atoms with Crippen LogP contribution < -0.4 is 15.0 Å². The van der Waals surface area contributed by atoms with Gasteiger partial charge in [0.05, 0.1) is 24.1 Å². The smallest absolute Gasteiger partial charge is 0.387 e. The molecule has 10 heteroatoms. The Labute approximate surface area is 180 Å². The second-order valence-electron chi connectivity index (χ2n) is 6.32. The van der Waals surface area contributed by atoms with Crippen molar-refractivity contribution in [3.63, 3.8) is 0 Å². The SMILES string of the molecule is COc1cc(C=CC(=O)OCc2nc3ccccc3c(=O)n2CC#N)ccc1OC(F)F. The summed E-state index contributed by atoms with van der Waals surface area (Å²) >= 11 is 0. The number of hydrogen-bond donors (Lipinski definition) is 0. The minimum absolute atomic E-state index is 0.0710. The predicted molar refractivity (Wildman–Crippen MR) is 110 cm³/mol. The zero-order valence-corrected chi connectivity index (χ0v) is 16.8. The summed E-state index contributed by atoms with van der Waals surface area (Å²) in [5.74, 6) is -0.670. The molecule has 3 aromatic rings. The van der Waals surface area contributed by atoms with Crippen LogP contribution in [0.4, 0.5) is 8.78 Å². The van der Waals surface area contributed by atoms with E-state index in [0.29, 0.717) is 16.5 Å². The number of aromatic nitrogens is 2. The number of hydrogen-bond acceptors (Lipinski definition) is 7. The third-order valence-electron chi connectivity index (χ3n) is 4.33. The van der Waals surface area contributed by atoms with Gasteiger partial charge in [-0.05, 0) is 35.9 Å². The maximum Gasteiger partial charge on any atom is 0.387 e. The number of methoxy groups -OCH3 is 1. The third kappa shape index (κ3) is 5.26. The van der Waals surface area contributed by atoms with Crippen LogP contribution in [0.1, 0.15) is 11.4 Å². The van der Waals surface area contributed by atoms with Gasteiger partial charge in [-0.3, -0.25) is 9.36 Å². The quantitative estimate of drug-likeness (QED) is 0.390. The Bertz CT molecular complexity index is 1260. The summed E-state index contributed by atoms with van der Waals surface area (Å²) in [6.45, 7) is -3.57. The second-order valence-corrected chi connectivity index (χ2v) is 6.32. The van der Waals surface area contributed by atoms with Gasteiger partial charge < -0.3 is 14.2 Å². The van der Waals surface area contributed by atoms with Crippen LogP contribution in [0.3, 0.4) is 0 Å². The maximum atomic E-state index is 12.6. The topological polar surface area (TPSA) is 103 Å². The van der Waals surface area contributed by atoms with Gasteiger partial charge >= 0.3 is 12.6 Å². The van der Waals surface area contributed by atoms with Crippen molar-refractivity contribution >= 4 is 22.9 Å². The lowest BCUT2D eigenvalue weighted by atomic mass is 10.2. The van der Waals surface area contributed by atoms with E-state index in [4.69, 9.17) is 14.7 Å². The van der Waals surface area contributed by atoms with Crippen LogP contribution in [0, 0.1) is 11.3 Å². The lowest BCUT2D eigenvalue weighted by Crippen LogP contribution is -2.26. The van der Waals surface area contributed by atoms with Crippen LogP contribution in [-0.2, 0) is 22.7 Å². The molecule has 164 valence electrons. The fourth-order valence-electron chi connectivity index (χ4n) is 2.89. The Morgan fingerprint density at radius 2 is 2.03 bits per heavy atom. The molecule has 1 aromatic heterocycles. The Morgan fingerprint density at radius 1 is 1.25 bits per heavy atom. The fraction of sp³-hybridized carbons (Fsp3) is 0.182. The minimum Gasteiger partial charge on any atom is -0.493 e. The molecule has 0 N–H and O–H groups in total. The zero-order chi connectivity index (χ0) is 23.1. The Kier molecular flexibility index (Phi) is 7.13. The Morgan fingerprint density at radius 3 is 2.75 bits per heavy atom. The highest BCUT2D eigenvalue weighted by Crippen LogP contribution is 2.29. The van der Waals surface area contributed by atoms with Gasteiger partial charge in [0.2, 0.25) is 0 Å². The van der Waals surface area contributed by atoms with Crippen molar-refractivity contribution in [2.24, 2.45) is 0 Å². The van der Waals surface area contributed by atoms with Gasteiger partial charge in [0.15, 0.2) is 17.3 Å². The molecule has 32 heavy (non-hydrogen) atoms. The molecule has 0 atom stereocenters. The highest BCUT2D eigenvalue weighted by Gasteiger charge is 2.13. The van der Waals surface area contributed by atoms with E-state index < -0.39 is 18.1 Å². The Hall–Kier alpha value is -4.26. The number of rotatable bonds is 8. The molecular weight excluding hydrogens is 424 g/mol. The first-order valence-corrected chi connectivity index (χ1v) is 9.26. The summed E-state index contributed by atoms with van der Waals surface area (Å²) in [7, 11) is 1.30. The van der Waals surface area contributed by atoms with Gasteiger partial charge in [-0.2, -0.15) is 14.0 Å². The van der Waals surface area contributed by atoms with Crippen molar-refractivity contribution in [2.75, 3.05) is 7.11 Å². The summed E-state index contributed by atoms with van der Waals surface area (Å²) < 4.78 is 40.5. The normalized spacial score (nSPS) is 11.0. The standard InChI is InChI=1S/C22H17F2N3O5/c1-30-18-12-14(6-8-17(18)32-22(23)24)7-9-20(28)31-13-19-26-16-5-3-2-4-15(16)21(29)27(19)11-10-25/h2-9,12,22H,11,13H2,1H3. The van der Waals surface area contributed by atoms with Gasteiger partial charge in [-0.15, -0.1) is 0 Å². The van der Waals surface area contributed by atoms with E-state index in [2.05, 4.69) is 9.72 Å². The molecule has 0 amide bonds. The molecular formula is C22H17F2N3O5. The highest BCUT2D eigenvalue weighted by atomic mass is 19.3. The summed E-state index contributed by atoms with van der Waals surface area (Å²) in [4.78, 5) is 29.0. The molecule has 2 aromatic carbocycles. The molecule has 1 heterocycles. The van der Waals surface area contributed by atoms with E-state index in [1.807, 2.05) is 6.07 Å². The number of alkyl halides is 2. The molecule has 0 aliphatic heterocycles. The van der Waals surface area contributed by atoms with E-state index in [1.54, 1.807) is 24.3 Å². The molecule has 0 unspecified atom stereocenters. The van der Waals surface area contributed by atoms with E-state index in [-0.39, 0.29) is 30.5 Å². The number of carbonyl (C=O) groups excluding carboxylic acids is 1. The summed E-state index contributed by atoms with van der Waals surface area (Å²) in [5.41, 5.74) is 0.495. The van der Waals surface area contributed by atoms with Crippen LogP contribution >= 0.6 is 0 Å². The number of nitriles is 1. The number of carbonyl (C=O) groups is 1. The summed E-state index contributed by atoms with van der Waals surface area (Å²) in [5, 5.41) is 9.37. The van der Waals surface area contributed by atoms with Crippen LogP contribution in [0.5, 0.6) is 11.5 Å². The highest BCUT2D eigenvalue weighted by molar-refractivity contribution is 5.87. The molecule has 0 saturated heterocycles. The van der Waals surface area contributed by atoms with E-state index in [0.717, 1.165) is 10.6 Å². The van der Waals surface area contributed by atoms with Crippen molar-refractivity contribution in [3.8, 4) is 17.6 Å². The van der Waals surface area contributed by atoms with Gasteiger partial charge in [0, 0.05) is 6.08 Å². The van der Waals surface area contributed by atoms with Crippen molar-refractivity contribution in [1.29, 1.82) is 5.26 Å². The monoisotopic (exact) mass is 441 g/mol. The first-order chi connectivity index (χ1) is 15.4. The molecule has 0 saturated carbocycles. The van der Waals surface area contributed by atoms with Crippen LogP contribution in [-0.4, -0.2) is 29.2 Å². The molecule has 0 radical (unpaired) electrons. The molecule has 3 rings (SSSR count). The van der Waals surface area contributed by atoms with Crippen molar-refractivity contribution in [3.05, 3.63) is 70.3 Å². The molecule has 0 bridgehead atoms. The molecule has 0 fully saturated rings. The summed E-state index contributed by atoms with van der Waals surface area (Å²) in [6, 6.07) is 12.7. The van der Waals surface area contributed by atoms with Gasteiger partial charge in [0.1, 0.15) is 13.2 Å². The molecule has 8 nitrogen and oxygen atoms in total. The first-order valence-electron chi connectivity index (χ1n) is 9.26. The van der Waals surface area contributed by atoms with Gasteiger partial charge in [-0.1, -0.05) is 18.2 Å². The molecule has 0 aliphatic rings. The second kappa shape index (κ2) is 10.2. The Balaban J connectivity index is 1.74. The predicted octanol–water partition coefficient (Wildman–Crippen LogP) is 3.29. The first kappa shape index (κ1) is 22.4. The van der Waals surface area contributed by atoms with Crippen LogP contribution in [0.15, 0.2) is 53.3 Å². The number of halogens is 2. The average Bonchev–Trinajstić information content (AvgIpc) is 2.78. The van der Waals surface area contributed by atoms with E-state index in [1.165, 1.54) is 31.4 Å². The largest absolute Gasteiger partial charge is 0.493 e. The van der Waals surface area contributed by atoms with Crippen molar-refractivity contribution in [2.45, 2.75) is 19.8 Å². The number of para-hydroxylation sites is 1. The lowest BCUT2D eigenvalue weighted by Gasteiger charge is -2.11. The van der Waals surface area contributed by atoms with Crippen LogP contribution in [0.25, 0.3) is 17.0 Å². The van der Waals surface area contributed by atoms with Gasteiger partial charge in [0.25, 0.3) is 5.56 Å². The third-order valence-corrected chi connectivity index (χ3v) is 4.33. The van der Waals surface area contributed by atoms with Crippen molar-refractivity contribution < 1.29 is 27.8 Å². The summed E-state index contributed by atoms with van der Waals surface area (Å²) in [6.07, 6.45) is 2.52. The number of esters is 1. The van der Waals surface area contributed by atoms with Gasteiger partial charge in [-0.25, -0.2) is 9.78 Å². The molecule has 0 aliphatic carbocycles. The average molecular weight is 441 g/mol. The molecule has 0 spiro atoms. The lowest BCUT2D eigenvalue weighted by molar-refractivity contribution is -0.139. The van der Waals surface area contributed by atoms with E-state index >= 15 is 0 Å². The number of nitrogens with zero attached hydrogens (tertiary/aromatic N) is 3. The zero-order valence-electron chi connectivity index (χ0n) is 16.8. The number of fused-ring (bicyclic) bond motifs is 1. The van der Waals surface area contributed by atoms with E-state index in [9.17, 15) is 18.4 Å². The van der Waals surface area contributed by atoms with Crippen LogP contribution in [0.2, 0.25) is 0 Å². The number of benzene rings is 2.